The Morgan fingerprint density at radius 2 is 2.40 bits per heavy atom. The summed E-state index contributed by atoms with van der Waals surface area (Å²) in [4.78, 5) is 4.08. The van der Waals surface area contributed by atoms with E-state index >= 15 is 0 Å². The number of nitrogens with two attached hydrogens (primary N) is 1. The number of nitrogens with one attached hydrogen (secondary N) is 1. The van der Waals surface area contributed by atoms with Crippen molar-refractivity contribution in [2.75, 3.05) is 7.11 Å². The quantitative estimate of drug-likeness (QED) is 0.568. The first-order valence-electron chi connectivity index (χ1n) is 5.09. The van der Waals surface area contributed by atoms with Crippen molar-refractivity contribution in [1.82, 2.24) is 10.4 Å². The fourth-order valence-corrected chi connectivity index (χ4v) is 1.64. The summed E-state index contributed by atoms with van der Waals surface area (Å²) in [7, 11) is 1.70. The molecular weight excluding hydrogens is 190 g/mol. The number of rotatable bonds is 5. The number of hydrogen-bond donors (Lipinski definition) is 2. The lowest BCUT2D eigenvalue weighted by Crippen LogP contribution is -2.45. The first-order chi connectivity index (χ1) is 7.18. The topological polar surface area (TPSA) is 60.2 Å². The summed E-state index contributed by atoms with van der Waals surface area (Å²) in [6, 6.07) is 3.83. The first-order valence-corrected chi connectivity index (χ1v) is 5.09. The summed E-state index contributed by atoms with van der Waals surface area (Å²) in [6.07, 6.45) is 4.41. The molecule has 0 aromatic carbocycles. The highest BCUT2D eigenvalue weighted by Gasteiger charge is 2.33. The van der Waals surface area contributed by atoms with Gasteiger partial charge in [0.2, 0.25) is 0 Å². The van der Waals surface area contributed by atoms with Crippen molar-refractivity contribution < 1.29 is 4.74 Å². The Hall–Kier alpha value is -0.970. The Balaban J connectivity index is 2.98. The van der Waals surface area contributed by atoms with Gasteiger partial charge in [0.05, 0.1) is 11.6 Å². The van der Waals surface area contributed by atoms with Gasteiger partial charge in [-0.3, -0.25) is 16.3 Å². The fraction of sp³-hybridized carbons (Fsp3) is 0.545. The summed E-state index contributed by atoms with van der Waals surface area (Å²) in [5, 5.41) is 0. The predicted octanol–water partition coefficient (Wildman–Crippen LogP) is 1.40. The lowest BCUT2D eigenvalue weighted by Gasteiger charge is -2.35. The van der Waals surface area contributed by atoms with E-state index in [0.29, 0.717) is 0 Å². The monoisotopic (exact) mass is 209 g/mol. The van der Waals surface area contributed by atoms with Crippen molar-refractivity contribution in [2.45, 2.75) is 31.9 Å². The first kappa shape index (κ1) is 12.1. The molecule has 0 aliphatic heterocycles. The minimum atomic E-state index is -0.322. The van der Waals surface area contributed by atoms with Crippen molar-refractivity contribution in [3.63, 3.8) is 0 Å². The molecule has 0 saturated heterocycles. The van der Waals surface area contributed by atoms with E-state index < -0.39 is 0 Å². The van der Waals surface area contributed by atoms with Gasteiger partial charge in [0.15, 0.2) is 0 Å². The highest BCUT2D eigenvalue weighted by atomic mass is 16.5. The fourth-order valence-electron chi connectivity index (χ4n) is 1.64. The lowest BCUT2D eigenvalue weighted by molar-refractivity contribution is -0.0301. The molecule has 2 atom stereocenters. The molecule has 0 bridgehead atoms. The summed E-state index contributed by atoms with van der Waals surface area (Å²) in [5.74, 6) is 5.58. The number of ether oxygens (including phenoxy) is 1. The maximum Gasteiger partial charge on any atom is 0.0855 e. The van der Waals surface area contributed by atoms with Crippen LogP contribution in [-0.2, 0) is 4.74 Å². The number of pyridine rings is 1. The molecular formula is C11H19N3O. The van der Waals surface area contributed by atoms with E-state index in [0.717, 1.165) is 12.0 Å². The minimum absolute atomic E-state index is 0.0544. The number of methoxy groups -OCH3 is 1. The molecule has 0 amide bonds. The second-order valence-corrected chi connectivity index (χ2v) is 3.76. The largest absolute Gasteiger partial charge is 0.376 e. The SMILES string of the molecule is CCC(C)(OC)C(NN)c1cccnc1. The molecule has 1 aromatic rings. The Bertz CT molecular complexity index is 285. The summed E-state index contributed by atoms with van der Waals surface area (Å²) in [6.45, 7) is 4.11. The van der Waals surface area contributed by atoms with Crippen LogP contribution < -0.4 is 11.3 Å². The number of aromatic nitrogens is 1. The zero-order valence-corrected chi connectivity index (χ0v) is 9.53. The van der Waals surface area contributed by atoms with Crippen LogP contribution in [0.1, 0.15) is 31.9 Å². The van der Waals surface area contributed by atoms with E-state index in [9.17, 15) is 0 Å². The molecule has 0 fully saturated rings. The maximum atomic E-state index is 5.58. The Morgan fingerprint density at radius 3 is 2.80 bits per heavy atom. The molecule has 0 aliphatic rings. The van der Waals surface area contributed by atoms with Crippen molar-refractivity contribution in [3.8, 4) is 0 Å². The van der Waals surface area contributed by atoms with Crippen LogP contribution >= 0.6 is 0 Å². The van der Waals surface area contributed by atoms with Crippen LogP contribution in [0.4, 0.5) is 0 Å². The van der Waals surface area contributed by atoms with E-state index in [4.69, 9.17) is 10.6 Å². The zero-order chi connectivity index (χ0) is 11.3. The van der Waals surface area contributed by atoms with Crippen LogP contribution in [0.15, 0.2) is 24.5 Å². The lowest BCUT2D eigenvalue weighted by atomic mass is 9.89. The van der Waals surface area contributed by atoms with Crippen molar-refractivity contribution in [3.05, 3.63) is 30.1 Å². The molecule has 4 heteroatoms. The molecule has 1 rings (SSSR count). The number of hydrazine groups is 1. The zero-order valence-electron chi connectivity index (χ0n) is 9.53. The van der Waals surface area contributed by atoms with Crippen LogP contribution in [0.5, 0.6) is 0 Å². The number of nitrogens with zero attached hydrogens (tertiary/aromatic N) is 1. The molecule has 15 heavy (non-hydrogen) atoms. The Labute approximate surface area is 90.8 Å². The molecule has 3 N–H and O–H groups in total. The Kier molecular flexibility index (Phi) is 4.20. The molecule has 0 saturated carbocycles. The van der Waals surface area contributed by atoms with Gasteiger partial charge in [0.1, 0.15) is 0 Å². The molecule has 1 aromatic heterocycles. The minimum Gasteiger partial charge on any atom is -0.376 e. The second kappa shape index (κ2) is 5.21. The van der Waals surface area contributed by atoms with Gasteiger partial charge in [-0.05, 0) is 25.0 Å². The van der Waals surface area contributed by atoms with Crippen LogP contribution in [0.3, 0.4) is 0 Å². The van der Waals surface area contributed by atoms with Crippen LogP contribution in [0.2, 0.25) is 0 Å². The van der Waals surface area contributed by atoms with E-state index in [2.05, 4.69) is 17.3 Å². The van der Waals surface area contributed by atoms with Gasteiger partial charge in [-0.1, -0.05) is 13.0 Å². The van der Waals surface area contributed by atoms with Crippen LogP contribution in [0.25, 0.3) is 0 Å². The highest BCUT2D eigenvalue weighted by Crippen LogP contribution is 2.30. The average molecular weight is 209 g/mol. The third kappa shape index (κ3) is 2.53. The molecule has 4 nitrogen and oxygen atoms in total. The van der Waals surface area contributed by atoms with Gasteiger partial charge in [0.25, 0.3) is 0 Å². The van der Waals surface area contributed by atoms with E-state index in [1.807, 2.05) is 19.1 Å². The number of hydrogen-bond acceptors (Lipinski definition) is 4. The summed E-state index contributed by atoms with van der Waals surface area (Å²) < 4.78 is 5.52. The third-order valence-corrected chi connectivity index (χ3v) is 2.96. The van der Waals surface area contributed by atoms with E-state index in [-0.39, 0.29) is 11.6 Å². The molecule has 84 valence electrons. The van der Waals surface area contributed by atoms with Gasteiger partial charge >= 0.3 is 0 Å². The van der Waals surface area contributed by atoms with Crippen LogP contribution in [0, 0.1) is 0 Å². The average Bonchev–Trinajstić information content (AvgIpc) is 2.31. The normalized spacial score (nSPS) is 17.1. The Morgan fingerprint density at radius 1 is 1.67 bits per heavy atom. The maximum absolute atomic E-state index is 5.58. The molecule has 2 unspecified atom stereocenters. The summed E-state index contributed by atoms with van der Waals surface area (Å²) >= 11 is 0. The highest BCUT2D eigenvalue weighted by molar-refractivity contribution is 5.17. The molecule has 1 heterocycles. The third-order valence-electron chi connectivity index (χ3n) is 2.96. The van der Waals surface area contributed by atoms with Gasteiger partial charge in [0, 0.05) is 19.5 Å². The molecule has 0 radical (unpaired) electrons. The van der Waals surface area contributed by atoms with Crippen molar-refractivity contribution in [2.24, 2.45) is 5.84 Å². The van der Waals surface area contributed by atoms with Gasteiger partial charge < -0.3 is 4.74 Å². The van der Waals surface area contributed by atoms with E-state index in [1.165, 1.54) is 0 Å². The van der Waals surface area contributed by atoms with Crippen LogP contribution in [-0.4, -0.2) is 17.7 Å². The van der Waals surface area contributed by atoms with Gasteiger partial charge in [-0.15, -0.1) is 0 Å². The second-order valence-electron chi connectivity index (χ2n) is 3.76. The molecule has 0 spiro atoms. The van der Waals surface area contributed by atoms with Gasteiger partial charge in [-0.25, -0.2) is 0 Å². The smallest absolute Gasteiger partial charge is 0.0855 e. The van der Waals surface area contributed by atoms with Crippen molar-refractivity contribution >= 4 is 0 Å². The summed E-state index contributed by atoms with van der Waals surface area (Å²) in [5.41, 5.74) is 3.51. The predicted molar refractivity (Wildman–Crippen MR) is 60.0 cm³/mol. The van der Waals surface area contributed by atoms with E-state index in [1.54, 1.807) is 19.5 Å². The standard InChI is InChI=1S/C11H19N3O/c1-4-11(2,15-3)10(14-12)9-6-5-7-13-8-9/h5-8,10,14H,4,12H2,1-3H3. The van der Waals surface area contributed by atoms with Crippen molar-refractivity contribution in [1.29, 1.82) is 0 Å². The van der Waals surface area contributed by atoms with Gasteiger partial charge in [-0.2, -0.15) is 0 Å². The molecule has 0 aliphatic carbocycles.